The average molecular weight is 455 g/mol. The molecule has 0 radical (unpaired) electrons. The van der Waals surface area contributed by atoms with E-state index >= 15 is 0 Å². The number of hydrogen-bond acceptors (Lipinski definition) is 5. The summed E-state index contributed by atoms with van der Waals surface area (Å²) in [6.45, 7) is 0. The molecule has 0 aliphatic rings. The molecule has 35 heavy (non-hydrogen) atoms. The summed E-state index contributed by atoms with van der Waals surface area (Å²) in [6.07, 6.45) is 0. The fourth-order valence-corrected chi connectivity index (χ4v) is 5.37. The lowest BCUT2D eigenvalue weighted by atomic mass is 9.90. The summed E-state index contributed by atoms with van der Waals surface area (Å²) in [6, 6.07) is 19.4. The third-order valence-electron chi connectivity index (χ3n) is 6.90. The molecule has 1 heterocycles. The lowest BCUT2D eigenvalue weighted by Crippen LogP contribution is -2.22. The van der Waals surface area contributed by atoms with Crippen LogP contribution in [0.1, 0.15) is 0 Å². The Balaban J connectivity index is 2.04. The van der Waals surface area contributed by atoms with E-state index in [9.17, 15) is 24.0 Å². The van der Waals surface area contributed by atoms with Crippen LogP contribution in [0.25, 0.3) is 64.9 Å². The first-order valence-electron chi connectivity index (χ1n) is 11.0. The van der Waals surface area contributed by atoms with Crippen molar-refractivity contribution >= 4 is 64.9 Å². The van der Waals surface area contributed by atoms with Gasteiger partial charge in [0.15, 0.2) is 27.1 Å². The molecule has 6 aromatic carbocycles. The Morgan fingerprint density at radius 2 is 0.686 bits per heavy atom. The quantitative estimate of drug-likeness (QED) is 0.278. The van der Waals surface area contributed by atoms with E-state index in [0.717, 1.165) is 0 Å². The van der Waals surface area contributed by atoms with Crippen LogP contribution in [-0.4, -0.2) is 4.98 Å². The average Bonchev–Trinajstić information content (AvgIpc) is 2.89. The van der Waals surface area contributed by atoms with Crippen molar-refractivity contribution in [3.63, 3.8) is 0 Å². The molecule has 7 aromatic rings. The van der Waals surface area contributed by atoms with Crippen LogP contribution in [-0.2, 0) is 0 Å². The second-order valence-electron chi connectivity index (χ2n) is 8.66. The molecule has 6 nitrogen and oxygen atoms in total. The second kappa shape index (κ2) is 6.55. The molecule has 7 rings (SSSR count). The van der Waals surface area contributed by atoms with E-state index in [2.05, 4.69) is 4.98 Å². The molecule has 0 amide bonds. The maximum Gasteiger partial charge on any atom is 0.198 e. The summed E-state index contributed by atoms with van der Waals surface area (Å²) in [7, 11) is 0. The number of fused-ring (bicyclic) bond motifs is 9. The van der Waals surface area contributed by atoms with Crippen LogP contribution in [0, 0.1) is 0 Å². The van der Waals surface area contributed by atoms with Gasteiger partial charge in [-0.25, -0.2) is 0 Å². The first kappa shape index (κ1) is 19.5. The largest absolute Gasteiger partial charge is 0.354 e. The molecule has 0 spiro atoms. The molecule has 0 aliphatic carbocycles. The molecule has 0 bridgehead atoms. The SMILES string of the molecule is O=c1c2ccccc2[nH]c2c1c1c(=O)c3ccccc3c(=O)c1c1c(=O)c3ccccc3c(=O)c21. The standard InChI is InChI=1S/C29H13NO5/c31-25-13-7-1-2-8-14(13)26(32)21-19(25)20-22(28(34)16-10-4-3-9-15(16)27(20)33)24-23(21)29(35)17-11-5-6-12-18(17)30-24/h1-12H,(H,30,35). The first-order valence-corrected chi connectivity index (χ1v) is 11.0. The van der Waals surface area contributed by atoms with Crippen LogP contribution >= 0.6 is 0 Å². The van der Waals surface area contributed by atoms with Gasteiger partial charge >= 0.3 is 0 Å². The predicted molar refractivity (Wildman–Crippen MR) is 140 cm³/mol. The number of rotatable bonds is 0. The Kier molecular flexibility index (Phi) is 3.65. The minimum Gasteiger partial charge on any atom is -0.354 e. The van der Waals surface area contributed by atoms with E-state index in [1.54, 1.807) is 54.6 Å². The number of aromatic amines is 1. The second-order valence-corrected chi connectivity index (χ2v) is 8.66. The highest BCUT2D eigenvalue weighted by atomic mass is 16.1. The number of hydrogen-bond donors (Lipinski definition) is 1. The molecule has 0 fully saturated rings. The summed E-state index contributed by atoms with van der Waals surface area (Å²) in [5.74, 6) is 0. The van der Waals surface area contributed by atoms with Crippen LogP contribution in [0.15, 0.2) is 96.8 Å². The van der Waals surface area contributed by atoms with Crippen molar-refractivity contribution in [3.8, 4) is 0 Å². The van der Waals surface area contributed by atoms with E-state index in [-0.39, 0.29) is 54.0 Å². The van der Waals surface area contributed by atoms with Gasteiger partial charge in [0.05, 0.1) is 16.3 Å². The van der Waals surface area contributed by atoms with Crippen LogP contribution in [0.2, 0.25) is 0 Å². The van der Waals surface area contributed by atoms with Crippen molar-refractivity contribution in [3.05, 3.63) is 124 Å². The van der Waals surface area contributed by atoms with E-state index in [4.69, 9.17) is 0 Å². The summed E-state index contributed by atoms with van der Waals surface area (Å²) < 4.78 is 0. The van der Waals surface area contributed by atoms with Crippen LogP contribution < -0.4 is 27.1 Å². The van der Waals surface area contributed by atoms with Crippen molar-refractivity contribution in [2.45, 2.75) is 0 Å². The Morgan fingerprint density at radius 3 is 1.14 bits per heavy atom. The molecular weight excluding hydrogens is 442 g/mol. The fourth-order valence-electron chi connectivity index (χ4n) is 5.37. The molecule has 6 heteroatoms. The number of para-hydroxylation sites is 1. The minimum absolute atomic E-state index is 0.0502. The Bertz CT molecular complexity index is 2300. The highest BCUT2D eigenvalue weighted by Crippen LogP contribution is 2.30. The van der Waals surface area contributed by atoms with Gasteiger partial charge in [-0.15, -0.1) is 0 Å². The van der Waals surface area contributed by atoms with Crippen molar-refractivity contribution in [2.75, 3.05) is 0 Å². The molecule has 0 saturated heterocycles. The Hall–Kier alpha value is -4.97. The monoisotopic (exact) mass is 455 g/mol. The van der Waals surface area contributed by atoms with Gasteiger partial charge in [-0.05, 0) is 12.1 Å². The summed E-state index contributed by atoms with van der Waals surface area (Å²) in [4.78, 5) is 72.0. The summed E-state index contributed by atoms with van der Waals surface area (Å²) in [5.41, 5.74) is -2.01. The fraction of sp³-hybridized carbons (Fsp3) is 0. The Labute approximate surface area is 194 Å². The van der Waals surface area contributed by atoms with E-state index in [0.29, 0.717) is 10.9 Å². The minimum atomic E-state index is -0.554. The third-order valence-corrected chi connectivity index (χ3v) is 6.90. The van der Waals surface area contributed by atoms with Crippen molar-refractivity contribution < 1.29 is 0 Å². The third kappa shape index (κ3) is 2.30. The van der Waals surface area contributed by atoms with E-state index in [1.165, 1.54) is 18.2 Å². The topological polar surface area (TPSA) is 101 Å². The number of aromatic nitrogens is 1. The van der Waals surface area contributed by atoms with Crippen LogP contribution in [0.4, 0.5) is 0 Å². The lowest BCUT2D eigenvalue weighted by Gasteiger charge is -2.11. The molecule has 1 N–H and O–H groups in total. The summed E-state index contributed by atoms with van der Waals surface area (Å²) >= 11 is 0. The molecule has 0 aliphatic heterocycles. The normalized spacial score (nSPS) is 12.0. The molecule has 0 atom stereocenters. The lowest BCUT2D eigenvalue weighted by molar-refractivity contribution is 1.50. The predicted octanol–water partition coefficient (Wildman–Crippen LogP) is 3.61. The van der Waals surface area contributed by atoms with Crippen molar-refractivity contribution in [2.24, 2.45) is 0 Å². The molecule has 164 valence electrons. The maximum atomic E-state index is 13.8. The molecule has 0 saturated carbocycles. The van der Waals surface area contributed by atoms with Gasteiger partial charge in [0.2, 0.25) is 0 Å². The van der Waals surface area contributed by atoms with Gasteiger partial charge < -0.3 is 4.98 Å². The van der Waals surface area contributed by atoms with E-state index < -0.39 is 27.1 Å². The highest BCUT2D eigenvalue weighted by molar-refractivity contribution is 6.28. The van der Waals surface area contributed by atoms with Crippen molar-refractivity contribution in [1.82, 2.24) is 4.98 Å². The molecule has 1 aromatic heterocycles. The number of nitrogens with one attached hydrogen (secondary N) is 1. The summed E-state index contributed by atoms with van der Waals surface area (Å²) in [5, 5.41) is 0.434. The highest BCUT2D eigenvalue weighted by Gasteiger charge is 2.24. The van der Waals surface area contributed by atoms with Crippen LogP contribution in [0.3, 0.4) is 0 Å². The van der Waals surface area contributed by atoms with Gasteiger partial charge in [0, 0.05) is 48.6 Å². The zero-order valence-electron chi connectivity index (χ0n) is 18.0. The van der Waals surface area contributed by atoms with Gasteiger partial charge in [-0.3, -0.25) is 24.0 Å². The maximum absolute atomic E-state index is 13.8. The zero-order valence-corrected chi connectivity index (χ0v) is 18.0. The van der Waals surface area contributed by atoms with Gasteiger partial charge in [-0.2, -0.15) is 0 Å². The van der Waals surface area contributed by atoms with Crippen molar-refractivity contribution in [1.29, 1.82) is 0 Å². The first-order chi connectivity index (χ1) is 17.0. The van der Waals surface area contributed by atoms with Gasteiger partial charge in [-0.1, -0.05) is 60.7 Å². The number of benzene rings is 6. The van der Waals surface area contributed by atoms with Gasteiger partial charge in [0.25, 0.3) is 0 Å². The Morgan fingerprint density at radius 1 is 0.371 bits per heavy atom. The van der Waals surface area contributed by atoms with E-state index in [1.807, 2.05) is 0 Å². The molecule has 0 unspecified atom stereocenters. The zero-order chi connectivity index (χ0) is 24.0. The van der Waals surface area contributed by atoms with Gasteiger partial charge in [0.1, 0.15) is 0 Å². The smallest absolute Gasteiger partial charge is 0.198 e. The molecular formula is C29H13NO5. The number of H-pyrrole nitrogens is 1. The number of pyridine rings is 1. The van der Waals surface area contributed by atoms with Crippen LogP contribution in [0.5, 0.6) is 0 Å².